The first kappa shape index (κ1) is 18.5. The Morgan fingerprint density at radius 1 is 1.14 bits per heavy atom. The molecular formula is C20H19ClN4O3. The normalized spacial score (nSPS) is 13.8. The van der Waals surface area contributed by atoms with Gasteiger partial charge in [0.15, 0.2) is 17.3 Å². The van der Waals surface area contributed by atoms with Crippen molar-refractivity contribution < 1.29 is 14.6 Å². The average Bonchev–Trinajstić information content (AvgIpc) is 2.72. The number of pyridine rings is 1. The van der Waals surface area contributed by atoms with Gasteiger partial charge < -0.3 is 19.9 Å². The number of aliphatic hydroxyl groups excluding tert-OH is 1. The zero-order valence-corrected chi connectivity index (χ0v) is 16.0. The molecule has 7 nitrogen and oxygen atoms in total. The molecule has 0 spiro atoms. The van der Waals surface area contributed by atoms with Crippen LogP contribution in [-0.4, -0.2) is 39.8 Å². The first-order valence-corrected chi connectivity index (χ1v) is 9.25. The Labute approximate surface area is 167 Å². The molecule has 1 atom stereocenters. The van der Waals surface area contributed by atoms with Gasteiger partial charge in [-0.15, -0.1) is 0 Å². The van der Waals surface area contributed by atoms with E-state index in [1.807, 2.05) is 25.1 Å². The molecule has 0 aliphatic carbocycles. The molecule has 28 heavy (non-hydrogen) atoms. The fourth-order valence-corrected chi connectivity index (χ4v) is 3.21. The third-order valence-corrected chi connectivity index (χ3v) is 4.55. The van der Waals surface area contributed by atoms with Crippen LogP contribution in [0.1, 0.15) is 17.4 Å². The molecule has 1 aliphatic rings. The molecule has 0 bridgehead atoms. The number of halogens is 1. The number of nitrogens with one attached hydrogen (secondary N) is 1. The second-order valence-electron chi connectivity index (χ2n) is 6.38. The van der Waals surface area contributed by atoms with Crippen LogP contribution in [0.5, 0.6) is 11.5 Å². The topological polar surface area (TPSA) is 89.4 Å². The quantitative estimate of drug-likeness (QED) is 0.680. The van der Waals surface area contributed by atoms with Crippen LogP contribution in [-0.2, 0) is 0 Å². The van der Waals surface area contributed by atoms with E-state index in [0.29, 0.717) is 46.9 Å². The molecule has 0 amide bonds. The fraction of sp³-hybridized carbons (Fsp3) is 0.250. The molecule has 0 saturated carbocycles. The minimum absolute atomic E-state index is 0.252. The van der Waals surface area contributed by atoms with Crippen LogP contribution in [0.3, 0.4) is 0 Å². The van der Waals surface area contributed by atoms with E-state index in [9.17, 15) is 5.11 Å². The van der Waals surface area contributed by atoms with E-state index in [2.05, 4.69) is 20.3 Å². The highest BCUT2D eigenvalue weighted by Crippen LogP contribution is 2.39. The second-order valence-corrected chi connectivity index (χ2v) is 6.78. The molecular weight excluding hydrogens is 380 g/mol. The van der Waals surface area contributed by atoms with Gasteiger partial charge in [0.05, 0.1) is 11.1 Å². The summed E-state index contributed by atoms with van der Waals surface area (Å²) in [6.07, 6.45) is 2.60. The molecule has 4 rings (SSSR count). The minimum atomic E-state index is -0.798. The van der Waals surface area contributed by atoms with Crippen molar-refractivity contribution in [2.45, 2.75) is 13.0 Å². The van der Waals surface area contributed by atoms with Gasteiger partial charge in [-0.1, -0.05) is 11.6 Å². The summed E-state index contributed by atoms with van der Waals surface area (Å²) in [5.74, 6) is 2.29. The van der Waals surface area contributed by atoms with Crippen LogP contribution in [0.15, 0.2) is 42.7 Å². The number of rotatable bonds is 5. The maximum Gasteiger partial charge on any atom is 0.179 e. The van der Waals surface area contributed by atoms with E-state index >= 15 is 0 Å². The van der Waals surface area contributed by atoms with Crippen molar-refractivity contribution in [1.82, 2.24) is 15.0 Å². The lowest BCUT2D eigenvalue weighted by atomic mass is 10.1. The average molecular weight is 399 g/mol. The van der Waals surface area contributed by atoms with Crippen molar-refractivity contribution in [1.29, 1.82) is 0 Å². The lowest BCUT2D eigenvalue weighted by molar-refractivity contribution is 0.167. The molecule has 0 saturated heterocycles. The molecule has 1 aromatic carbocycles. The molecule has 0 radical (unpaired) electrons. The molecule has 3 aromatic rings. The summed E-state index contributed by atoms with van der Waals surface area (Å²) in [7, 11) is 0. The summed E-state index contributed by atoms with van der Waals surface area (Å²) in [6.45, 7) is 3.07. The first-order chi connectivity index (χ1) is 13.6. The van der Waals surface area contributed by atoms with Gasteiger partial charge in [-0.2, -0.15) is 0 Å². The number of ether oxygens (including phenoxy) is 2. The Morgan fingerprint density at radius 2 is 1.93 bits per heavy atom. The first-order valence-electron chi connectivity index (χ1n) is 8.87. The predicted octanol–water partition coefficient (Wildman–Crippen LogP) is 3.42. The standard InChI is InChI=1S/C20H19ClN4O3/c1-12-8-18(25-20(24-12)13-2-4-22-5-3-13)23-11-16(26)14-9-15(21)19-17(10-14)27-6-7-28-19/h2-5,8-10,16,26H,6-7,11H2,1H3,(H,23,24,25). The summed E-state index contributed by atoms with van der Waals surface area (Å²) in [6, 6.07) is 8.97. The van der Waals surface area contributed by atoms with Gasteiger partial charge in [0, 0.05) is 36.3 Å². The van der Waals surface area contributed by atoms with Crippen LogP contribution >= 0.6 is 11.6 Å². The minimum Gasteiger partial charge on any atom is -0.486 e. The van der Waals surface area contributed by atoms with E-state index in [1.54, 1.807) is 24.5 Å². The van der Waals surface area contributed by atoms with Gasteiger partial charge in [-0.25, -0.2) is 9.97 Å². The number of nitrogens with zero attached hydrogens (tertiary/aromatic N) is 3. The molecule has 144 valence electrons. The summed E-state index contributed by atoms with van der Waals surface area (Å²) in [5, 5.41) is 14.2. The van der Waals surface area contributed by atoms with Crippen LogP contribution in [0.2, 0.25) is 5.02 Å². The van der Waals surface area contributed by atoms with Gasteiger partial charge >= 0.3 is 0 Å². The van der Waals surface area contributed by atoms with Crippen LogP contribution in [0, 0.1) is 6.92 Å². The van der Waals surface area contributed by atoms with E-state index < -0.39 is 6.10 Å². The zero-order valence-electron chi connectivity index (χ0n) is 15.2. The maximum atomic E-state index is 10.6. The van der Waals surface area contributed by atoms with Crippen molar-refractivity contribution in [3.8, 4) is 22.9 Å². The fourth-order valence-electron chi connectivity index (χ4n) is 2.93. The molecule has 2 N–H and O–H groups in total. The molecule has 0 fully saturated rings. The number of aromatic nitrogens is 3. The van der Waals surface area contributed by atoms with E-state index in [1.165, 1.54) is 0 Å². The summed E-state index contributed by atoms with van der Waals surface area (Å²) < 4.78 is 11.1. The summed E-state index contributed by atoms with van der Waals surface area (Å²) >= 11 is 6.26. The molecule has 8 heteroatoms. The van der Waals surface area contributed by atoms with Crippen LogP contribution in [0.25, 0.3) is 11.4 Å². The van der Waals surface area contributed by atoms with Gasteiger partial charge in [-0.05, 0) is 36.8 Å². The van der Waals surface area contributed by atoms with Gasteiger partial charge in [0.25, 0.3) is 0 Å². The summed E-state index contributed by atoms with van der Waals surface area (Å²) in [4.78, 5) is 13.0. The number of fused-ring (bicyclic) bond motifs is 1. The van der Waals surface area contributed by atoms with Crippen molar-refractivity contribution in [2.24, 2.45) is 0 Å². The molecule has 2 aromatic heterocycles. The highest BCUT2D eigenvalue weighted by Gasteiger charge is 2.19. The zero-order chi connectivity index (χ0) is 19.5. The summed E-state index contributed by atoms with van der Waals surface area (Å²) in [5.41, 5.74) is 2.34. The number of hydrogen-bond donors (Lipinski definition) is 2. The number of benzene rings is 1. The Kier molecular flexibility index (Phi) is 5.27. The second kappa shape index (κ2) is 8.00. The molecule has 1 aliphatic heterocycles. The highest BCUT2D eigenvalue weighted by molar-refractivity contribution is 6.32. The molecule has 1 unspecified atom stereocenters. The third kappa shape index (κ3) is 4.00. The monoisotopic (exact) mass is 398 g/mol. The maximum absolute atomic E-state index is 10.6. The number of aliphatic hydroxyl groups is 1. The van der Waals surface area contributed by atoms with Crippen molar-refractivity contribution >= 4 is 17.4 Å². The van der Waals surface area contributed by atoms with E-state index in [0.717, 1.165) is 11.3 Å². The van der Waals surface area contributed by atoms with Gasteiger partial charge in [0.1, 0.15) is 19.0 Å². The Bertz CT molecular complexity index is 985. The lowest BCUT2D eigenvalue weighted by Gasteiger charge is -2.21. The smallest absolute Gasteiger partial charge is 0.179 e. The van der Waals surface area contributed by atoms with Gasteiger partial charge in [-0.3, -0.25) is 4.98 Å². The van der Waals surface area contributed by atoms with E-state index in [-0.39, 0.29) is 6.54 Å². The number of aryl methyl sites for hydroxylation is 1. The number of anilines is 1. The van der Waals surface area contributed by atoms with Crippen molar-refractivity contribution in [3.63, 3.8) is 0 Å². The largest absolute Gasteiger partial charge is 0.486 e. The molecule has 3 heterocycles. The van der Waals surface area contributed by atoms with Crippen LogP contribution in [0.4, 0.5) is 5.82 Å². The lowest BCUT2D eigenvalue weighted by Crippen LogP contribution is -2.17. The van der Waals surface area contributed by atoms with Crippen molar-refractivity contribution in [3.05, 3.63) is 59.0 Å². The SMILES string of the molecule is Cc1cc(NCC(O)c2cc(Cl)c3c(c2)OCCO3)nc(-c2ccncc2)n1. The Morgan fingerprint density at radius 3 is 2.75 bits per heavy atom. The van der Waals surface area contributed by atoms with Crippen molar-refractivity contribution in [2.75, 3.05) is 25.1 Å². The van der Waals surface area contributed by atoms with Gasteiger partial charge in [0.2, 0.25) is 0 Å². The Balaban J connectivity index is 1.50. The third-order valence-electron chi connectivity index (χ3n) is 4.27. The number of hydrogen-bond acceptors (Lipinski definition) is 7. The predicted molar refractivity (Wildman–Crippen MR) is 106 cm³/mol. The van der Waals surface area contributed by atoms with E-state index in [4.69, 9.17) is 21.1 Å². The Hall–Kier alpha value is -2.90. The highest BCUT2D eigenvalue weighted by atomic mass is 35.5. The van der Waals surface area contributed by atoms with Crippen LogP contribution < -0.4 is 14.8 Å².